The molecule has 2 aromatic rings. The Balaban J connectivity index is 1.98. The summed E-state index contributed by atoms with van der Waals surface area (Å²) in [6.45, 7) is 4.52. The minimum atomic E-state index is -0.574. The monoisotopic (exact) mass is 275 g/mol. The number of furan rings is 1. The lowest BCUT2D eigenvalue weighted by atomic mass is 10.0. The molecule has 2 unspecified atom stereocenters. The lowest BCUT2D eigenvalue weighted by Gasteiger charge is -2.21. The second-order valence-electron chi connectivity index (χ2n) is 4.92. The number of methoxy groups -OCH3 is 1. The lowest BCUT2D eigenvalue weighted by Crippen LogP contribution is -2.31. The quantitative estimate of drug-likeness (QED) is 0.851. The molecule has 0 saturated carbocycles. The van der Waals surface area contributed by atoms with Gasteiger partial charge in [0.25, 0.3) is 0 Å². The number of nitrogens with one attached hydrogen (secondary N) is 1. The summed E-state index contributed by atoms with van der Waals surface area (Å²) in [5, 5.41) is 13.6. The molecule has 0 aliphatic rings. The third-order valence-electron chi connectivity index (χ3n) is 3.41. The molecule has 0 saturated heterocycles. The molecule has 1 aromatic carbocycles. The van der Waals surface area contributed by atoms with Crippen molar-refractivity contribution >= 4 is 0 Å². The number of aliphatic hydroxyl groups is 1. The summed E-state index contributed by atoms with van der Waals surface area (Å²) in [6, 6.07) is 9.41. The third kappa shape index (κ3) is 3.40. The van der Waals surface area contributed by atoms with E-state index in [9.17, 15) is 5.11 Å². The van der Waals surface area contributed by atoms with E-state index < -0.39 is 6.10 Å². The highest BCUT2D eigenvalue weighted by atomic mass is 16.5. The summed E-state index contributed by atoms with van der Waals surface area (Å²) < 4.78 is 10.5. The van der Waals surface area contributed by atoms with Crippen LogP contribution in [-0.2, 0) is 6.54 Å². The summed E-state index contributed by atoms with van der Waals surface area (Å²) in [6.07, 6.45) is 1.07. The van der Waals surface area contributed by atoms with Gasteiger partial charge in [0.05, 0.1) is 26.0 Å². The minimum absolute atomic E-state index is 0.0760. The maximum atomic E-state index is 10.4. The Morgan fingerprint density at radius 1 is 1.35 bits per heavy atom. The number of ether oxygens (including phenoxy) is 1. The Morgan fingerprint density at radius 2 is 2.15 bits per heavy atom. The van der Waals surface area contributed by atoms with Crippen LogP contribution in [0.1, 0.15) is 29.9 Å². The van der Waals surface area contributed by atoms with Crippen LogP contribution < -0.4 is 10.1 Å². The normalized spacial score (nSPS) is 14.0. The van der Waals surface area contributed by atoms with Gasteiger partial charge in [-0.15, -0.1) is 0 Å². The van der Waals surface area contributed by atoms with Crippen molar-refractivity contribution in [3.8, 4) is 5.75 Å². The van der Waals surface area contributed by atoms with Crippen LogP contribution in [0.3, 0.4) is 0 Å². The number of aliphatic hydroxyl groups excluding tert-OH is 1. The van der Waals surface area contributed by atoms with E-state index in [0.29, 0.717) is 6.54 Å². The highest BCUT2D eigenvalue weighted by Crippen LogP contribution is 2.24. The van der Waals surface area contributed by atoms with Crippen LogP contribution in [0, 0.1) is 6.92 Å². The average molecular weight is 275 g/mol. The van der Waals surface area contributed by atoms with Crippen LogP contribution in [0.2, 0.25) is 0 Å². The fourth-order valence-corrected chi connectivity index (χ4v) is 2.16. The average Bonchev–Trinajstić information content (AvgIpc) is 2.97. The van der Waals surface area contributed by atoms with E-state index in [0.717, 1.165) is 22.6 Å². The zero-order valence-electron chi connectivity index (χ0n) is 12.1. The predicted octanol–water partition coefficient (Wildman–Crippen LogP) is 2.81. The molecule has 0 amide bonds. The highest BCUT2D eigenvalue weighted by molar-refractivity contribution is 5.37. The Morgan fingerprint density at radius 3 is 2.75 bits per heavy atom. The SMILES string of the molecule is COc1ccc(C(O)C(C)NCc2ccco2)cc1C. The van der Waals surface area contributed by atoms with Crippen molar-refractivity contribution in [1.29, 1.82) is 0 Å². The van der Waals surface area contributed by atoms with Crippen molar-refractivity contribution in [1.82, 2.24) is 5.32 Å². The van der Waals surface area contributed by atoms with E-state index in [2.05, 4.69) is 5.32 Å². The summed E-state index contributed by atoms with van der Waals surface area (Å²) >= 11 is 0. The topological polar surface area (TPSA) is 54.6 Å². The summed E-state index contributed by atoms with van der Waals surface area (Å²) in [4.78, 5) is 0. The fourth-order valence-electron chi connectivity index (χ4n) is 2.16. The second kappa shape index (κ2) is 6.59. The zero-order chi connectivity index (χ0) is 14.5. The van der Waals surface area contributed by atoms with Gasteiger partial charge in [0, 0.05) is 6.04 Å². The molecule has 0 bridgehead atoms. The molecule has 4 nitrogen and oxygen atoms in total. The number of rotatable bonds is 6. The molecule has 1 heterocycles. The third-order valence-corrected chi connectivity index (χ3v) is 3.41. The first-order valence-electron chi connectivity index (χ1n) is 6.70. The van der Waals surface area contributed by atoms with Gasteiger partial charge in [-0.25, -0.2) is 0 Å². The predicted molar refractivity (Wildman–Crippen MR) is 77.7 cm³/mol. The fraction of sp³-hybridized carbons (Fsp3) is 0.375. The van der Waals surface area contributed by atoms with Gasteiger partial charge in [-0.1, -0.05) is 6.07 Å². The molecule has 2 N–H and O–H groups in total. The van der Waals surface area contributed by atoms with E-state index in [-0.39, 0.29) is 6.04 Å². The van der Waals surface area contributed by atoms with Gasteiger partial charge < -0.3 is 19.6 Å². The maximum absolute atomic E-state index is 10.4. The number of aryl methyl sites for hydroxylation is 1. The Kier molecular flexibility index (Phi) is 4.82. The van der Waals surface area contributed by atoms with E-state index in [4.69, 9.17) is 9.15 Å². The van der Waals surface area contributed by atoms with Crippen LogP contribution in [0.5, 0.6) is 5.75 Å². The standard InChI is InChI=1S/C16H21NO3/c1-11-9-13(6-7-15(11)19-3)16(18)12(2)17-10-14-5-4-8-20-14/h4-9,12,16-18H,10H2,1-3H3. The van der Waals surface area contributed by atoms with Gasteiger partial charge in [0.1, 0.15) is 11.5 Å². The van der Waals surface area contributed by atoms with Crippen molar-refractivity contribution in [3.05, 3.63) is 53.5 Å². The van der Waals surface area contributed by atoms with Crippen LogP contribution in [0.25, 0.3) is 0 Å². The Labute approximate surface area is 119 Å². The summed E-state index contributed by atoms with van der Waals surface area (Å²) in [5.41, 5.74) is 1.89. The number of benzene rings is 1. The zero-order valence-corrected chi connectivity index (χ0v) is 12.1. The van der Waals surface area contributed by atoms with Gasteiger partial charge in [-0.2, -0.15) is 0 Å². The van der Waals surface area contributed by atoms with E-state index in [1.54, 1.807) is 13.4 Å². The van der Waals surface area contributed by atoms with Crippen LogP contribution in [-0.4, -0.2) is 18.3 Å². The Bertz CT molecular complexity index is 537. The molecule has 108 valence electrons. The van der Waals surface area contributed by atoms with Gasteiger partial charge in [0.2, 0.25) is 0 Å². The molecule has 0 radical (unpaired) electrons. The molecule has 20 heavy (non-hydrogen) atoms. The van der Waals surface area contributed by atoms with Crippen molar-refractivity contribution in [2.45, 2.75) is 32.5 Å². The molecule has 4 heteroatoms. The Hall–Kier alpha value is -1.78. The van der Waals surface area contributed by atoms with Crippen LogP contribution in [0.4, 0.5) is 0 Å². The highest BCUT2D eigenvalue weighted by Gasteiger charge is 2.17. The molecule has 1 aromatic heterocycles. The van der Waals surface area contributed by atoms with Crippen LogP contribution in [0.15, 0.2) is 41.0 Å². The van der Waals surface area contributed by atoms with Gasteiger partial charge in [-0.3, -0.25) is 0 Å². The van der Waals surface area contributed by atoms with Crippen molar-refractivity contribution in [2.24, 2.45) is 0 Å². The lowest BCUT2D eigenvalue weighted by molar-refractivity contribution is 0.134. The first-order chi connectivity index (χ1) is 9.61. The van der Waals surface area contributed by atoms with Crippen molar-refractivity contribution in [2.75, 3.05) is 7.11 Å². The smallest absolute Gasteiger partial charge is 0.121 e. The molecule has 2 atom stereocenters. The molecular weight excluding hydrogens is 254 g/mol. The van der Waals surface area contributed by atoms with E-state index >= 15 is 0 Å². The summed E-state index contributed by atoms with van der Waals surface area (Å²) in [7, 11) is 1.64. The first-order valence-corrected chi connectivity index (χ1v) is 6.70. The van der Waals surface area contributed by atoms with Crippen molar-refractivity contribution in [3.63, 3.8) is 0 Å². The van der Waals surface area contributed by atoms with E-state index in [1.165, 1.54) is 0 Å². The van der Waals surface area contributed by atoms with Gasteiger partial charge in [-0.05, 0) is 49.2 Å². The van der Waals surface area contributed by atoms with Gasteiger partial charge in [0.15, 0.2) is 0 Å². The largest absolute Gasteiger partial charge is 0.496 e. The van der Waals surface area contributed by atoms with Crippen LogP contribution >= 0.6 is 0 Å². The summed E-state index contributed by atoms with van der Waals surface area (Å²) in [5.74, 6) is 1.69. The van der Waals surface area contributed by atoms with Crippen molar-refractivity contribution < 1.29 is 14.3 Å². The second-order valence-corrected chi connectivity index (χ2v) is 4.92. The van der Waals surface area contributed by atoms with Gasteiger partial charge >= 0.3 is 0 Å². The molecule has 0 spiro atoms. The molecular formula is C16H21NO3. The number of hydrogen-bond acceptors (Lipinski definition) is 4. The minimum Gasteiger partial charge on any atom is -0.496 e. The number of hydrogen-bond donors (Lipinski definition) is 2. The van der Waals surface area contributed by atoms with E-state index in [1.807, 2.05) is 44.2 Å². The molecule has 0 fully saturated rings. The first kappa shape index (κ1) is 14.6. The molecule has 2 rings (SSSR count). The maximum Gasteiger partial charge on any atom is 0.121 e. The molecule has 0 aliphatic carbocycles. The molecule has 0 aliphatic heterocycles.